The normalized spacial score (nSPS) is 11.9. The molecule has 118 valence electrons. The summed E-state index contributed by atoms with van der Waals surface area (Å²) < 4.78 is 33.5. The first-order valence-corrected chi connectivity index (χ1v) is 6.30. The molecular weight excluding hydrogens is 284 g/mol. The highest BCUT2D eigenvalue weighted by Crippen LogP contribution is 2.19. The molecule has 8 heteroatoms. The average Bonchev–Trinajstić information content (AvgIpc) is 2.49. The van der Waals surface area contributed by atoms with Gasteiger partial charge in [0.25, 0.3) is 6.43 Å². The number of methoxy groups -OCH3 is 1. The number of amidine groups is 1. The Morgan fingerprint density at radius 3 is 2.86 bits per heavy atom. The monoisotopic (exact) mass is 303 g/mol. The fourth-order valence-corrected chi connectivity index (χ4v) is 1.67. The molecule has 21 heavy (non-hydrogen) atoms. The minimum Gasteiger partial charge on any atom is -0.496 e. The van der Waals surface area contributed by atoms with Crippen molar-refractivity contribution in [1.82, 2.24) is 5.32 Å². The van der Waals surface area contributed by atoms with Crippen LogP contribution in [0, 0.1) is 0 Å². The van der Waals surface area contributed by atoms with E-state index in [4.69, 9.17) is 20.4 Å². The molecule has 0 amide bonds. The van der Waals surface area contributed by atoms with Crippen LogP contribution >= 0.6 is 0 Å². The maximum Gasteiger partial charge on any atom is 0.261 e. The molecule has 4 N–H and O–H groups in total. The van der Waals surface area contributed by atoms with Crippen molar-refractivity contribution in [2.45, 2.75) is 13.0 Å². The first-order chi connectivity index (χ1) is 10.1. The van der Waals surface area contributed by atoms with E-state index < -0.39 is 13.0 Å². The van der Waals surface area contributed by atoms with Crippen molar-refractivity contribution in [3.05, 3.63) is 29.3 Å². The number of rotatable bonds is 9. The van der Waals surface area contributed by atoms with Crippen molar-refractivity contribution in [2.75, 3.05) is 26.9 Å². The molecule has 0 saturated carbocycles. The SMILES string of the molecule is COc1ccc(CNCCOCC(F)F)cc1/C(N)=N/O. The fourth-order valence-electron chi connectivity index (χ4n) is 1.67. The second-order valence-corrected chi connectivity index (χ2v) is 4.16. The predicted molar refractivity (Wildman–Crippen MR) is 74.0 cm³/mol. The number of oxime groups is 1. The Kier molecular flexibility index (Phi) is 7.41. The van der Waals surface area contributed by atoms with Crippen LogP contribution in [0.2, 0.25) is 0 Å². The van der Waals surface area contributed by atoms with Crippen LogP contribution in [0.15, 0.2) is 23.4 Å². The minimum atomic E-state index is -2.45. The Hall–Kier alpha value is -1.93. The summed E-state index contributed by atoms with van der Waals surface area (Å²) in [7, 11) is 1.49. The van der Waals surface area contributed by atoms with Crippen LogP contribution in [-0.2, 0) is 11.3 Å². The molecule has 1 rings (SSSR count). The molecule has 0 fully saturated rings. The van der Waals surface area contributed by atoms with Gasteiger partial charge in [0.2, 0.25) is 0 Å². The summed E-state index contributed by atoms with van der Waals surface area (Å²) in [5.41, 5.74) is 6.93. The molecule has 0 bridgehead atoms. The van der Waals surface area contributed by atoms with Crippen LogP contribution in [0.4, 0.5) is 8.78 Å². The highest BCUT2D eigenvalue weighted by atomic mass is 19.3. The van der Waals surface area contributed by atoms with Crippen molar-refractivity contribution in [3.63, 3.8) is 0 Å². The lowest BCUT2D eigenvalue weighted by molar-refractivity contribution is 0.0187. The van der Waals surface area contributed by atoms with E-state index in [1.165, 1.54) is 7.11 Å². The number of benzene rings is 1. The first-order valence-electron chi connectivity index (χ1n) is 6.30. The van der Waals surface area contributed by atoms with Gasteiger partial charge in [0.15, 0.2) is 5.84 Å². The van der Waals surface area contributed by atoms with Crippen LogP contribution in [0.3, 0.4) is 0 Å². The number of nitrogens with one attached hydrogen (secondary N) is 1. The summed E-state index contributed by atoms with van der Waals surface area (Å²) in [6, 6.07) is 5.25. The molecule has 0 heterocycles. The van der Waals surface area contributed by atoms with Crippen molar-refractivity contribution < 1.29 is 23.5 Å². The zero-order valence-corrected chi connectivity index (χ0v) is 11.7. The zero-order valence-electron chi connectivity index (χ0n) is 11.7. The Labute approximate surface area is 121 Å². The van der Waals surface area contributed by atoms with E-state index >= 15 is 0 Å². The lowest BCUT2D eigenvalue weighted by atomic mass is 10.1. The molecule has 0 radical (unpaired) electrons. The molecule has 0 aromatic heterocycles. The number of hydrogen-bond acceptors (Lipinski definition) is 5. The highest BCUT2D eigenvalue weighted by Gasteiger charge is 2.09. The van der Waals surface area contributed by atoms with Gasteiger partial charge in [0, 0.05) is 13.1 Å². The Morgan fingerprint density at radius 2 is 2.24 bits per heavy atom. The minimum absolute atomic E-state index is 0.0473. The molecule has 0 spiro atoms. The number of nitrogens with two attached hydrogens (primary N) is 1. The molecular formula is C13H19F2N3O3. The third-order valence-corrected chi connectivity index (χ3v) is 2.64. The topological polar surface area (TPSA) is 89.1 Å². The summed E-state index contributed by atoms with van der Waals surface area (Å²) in [5, 5.41) is 14.7. The summed E-state index contributed by atoms with van der Waals surface area (Å²) in [6.45, 7) is 0.580. The lowest BCUT2D eigenvalue weighted by Crippen LogP contribution is -2.21. The van der Waals surface area contributed by atoms with E-state index in [2.05, 4.69) is 10.5 Å². The van der Waals surface area contributed by atoms with Crippen molar-refractivity contribution in [1.29, 1.82) is 0 Å². The van der Waals surface area contributed by atoms with Crippen LogP contribution in [0.1, 0.15) is 11.1 Å². The molecule has 1 aromatic rings. The van der Waals surface area contributed by atoms with Crippen molar-refractivity contribution in [2.24, 2.45) is 10.9 Å². The van der Waals surface area contributed by atoms with Gasteiger partial charge in [0.05, 0.1) is 19.3 Å². The Bertz CT molecular complexity index is 470. The molecule has 0 aliphatic rings. The van der Waals surface area contributed by atoms with Crippen molar-refractivity contribution in [3.8, 4) is 5.75 Å². The van der Waals surface area contributed by atoms with E-state index in [0.29, 0.717) is 24.4 Å². The van der Waals surface area contributed by atoms with Gasteiger partial charge in [-0.1, -0.05) is 11.2 Å². The van der Waals surface area contributed by atoms with Gasteiger partial charge in [-0.2, -0.15) is 0 Å². The fraction of sp³-hybridized carbons (Fsp3) is 0.462. The van der Waals surface area contributed by atoms with Gasteiger partial charge in [-0.25, -0.2) is 8.78 Å². The van der Waals surface area contributed by atoms with Crippen molar-refractivity contribution >= 4 is 5.84 Å². The third kappa shape index (κ3) is 5.92. The molecule has 0 atom stereocenters. The Morgan fingerprint density at radius 1 is 1.48 bits per heavy atom. The van der Waals surface area contributed by atoms with E-state index in [0.717, 1.165) is 5.56 Å². The second-order valence-electron chi connectivity index (χ2n) is 4.16. The molecule has 0 unspecified atom stereocenters. The van der Waals surface area contributed by atoms with Crippen LogP contribution in [-0.4, -0.2) is 44.3 Å². The molecule has 0 saturated heterocycles. The molecule has 1 aromatic carbocycles. The largest absolute Gasteiger partial charge is 0.496 e. The summed E-state index contributed by atoms with van der Waals surface area (Å²) >= 11 is 0. The van der Waals surface area contributed by atoms with E-state index in [9.17, 15) is 8.78 Å². The summed E-state index contributed by atoms with van der Waals surface area (Å²) in [5.74, 6) is 0.447. The van der Waals surface area contributed by atoms with Gasteiger partial charge in [-0.05, 0) is 17.7 Å². The van der Waals surface area contributed by atoms with Gasteiger partial charge in [-0.3, -0.25) is 0 Å². The molecule has 0 aliphatic carbocycles. The lowest BCUT2D eigenvalue weighted by Gasteiger charge is -2.10. The highest BCUT2D eigenvalue weighted by molar-refractivity contribution is 5.99. The first kappa shape index (κ1) is 17.1. The van der Waals surface area contributed by atoms with Gasteiger partial charge in [-0.15, -0.1) is 0 Å². The zero-order chi connectivity index (χ0) is 15.7. The van der Waals surface area contributed by atoms with Gasteiger partial charge < -0.3 is 25.7 Å². The number of nitrogens with zero attached hydrogens (tertiary/aromatic N) is 1. The quantitative estimate of drug-likeness (QED) is 0.209. The van der Waals surface area contributed by atoms with Crippen LogP contribution in [0.5, 0.6) is 5.75 Å². The maximum atomic E-state index is 11.8. The summed E-state index contributed by atoms with van der Waals surface area (Å²) in [6.07, 6.45) is -2.45. The number of hydrogen-bond donors (Lipinski definition) is 3. The number of halogens is 2. The predicted octanol–water partition coefficient (Wildman–Crippen LogP) is 1.16. The van der Waals surface area contributed by atoms with Crippen LogP contribution < -0.4 is 15.8 Å². The van der Waals surface area contributed by atoms with E-state index in [-0.39, 0.29) is 12.4 Å². The Balaban J connectivity index is 2.49. The molecule has 0 aliphatic heterocycles. The van der Waals surface area contributed by atoms with Crippen LogP contribution in [0.25, 0.3) is 0 Å². The van der Waals surface area contributed by atoms with E-state index in [1.807, 2.05) is 6.07 Å². The smallest absolute Gasteiger partial charge is 0.261 e. The number of alkyl halides is 2. The third-order valence-electron chi connectivity index (χ3n) is 2.64. The van der Waals surface area contributed by atoms with Gasteiger partial charge >= 0.3 is 0 Å². The molecule has 6 nitrogen and oxygen atoms in total. The maximum absolute atomic E-state index is 11.8. The van der Waals surface area contributed by atoms with E-state index in [1.54, 1.807) is 12.1 Å². The van der Waals surface area contributed by atoms with Gasteiger partial charge in [0.1, 0.15) is 12.4 Å². The number of ether oxygens (including phenoxy) is 2. The second kappa shape index (κ2) is 9.09. The average molecular weight is 303 g/mol. The standard InChI is InChI=1S/C13H19F2N3O3/c1-20-11-3-2-9(6-10(11)13(16)18-19)7-17-4-5-21-8-12(14)15/h2-3,6,12,17,19H,4-5,7-8H2,1H3,(H2,16,18). The summed E-state index contributed by atoms with van der Waals surface area (Å²) in [4.78, 5) is 0.